The fourth-order valence-corrected chi connectivity index (χ4v) is 2.39. The summed E-state index contributed by atoms with van der Waals surface area (Å²) in [7, 11) is 4.19. The number of carbonyl (C=O) groups excluding carboxylic acids is 1. The van der Waals surface area contributed by atoms with Crippen LogP contribution in [0.5, 0.6) is 0 Å². The summed E-state index contributed by atoms with van der Waals surface area (Å²) in [5.74, 6) is 0.501. The van der Waals surface area contributed by atoms with Crippen LogP contribution >= 0.6 is 0 Å². The van der Waals surface area contributed by atoms with Crippen molar-refractivity contribution in [2.24, 2.45) is 5.92 Å². The zero-order chi connectivity index (χ0) is 12.3. The fourth-order valence-electron chi connectivity index (χ4n) is 2.39. The zero-order valence-electron chi connectivity index (χ0n) is 11.1. The summed E-state index contributed by atoms with van der Waals surface area (Å²) in [6, 6.07) is 0.421. The number of rotatable bonds is 4. The van der Waals surface area contributed by atoms with Crippen LogP contribution in [0.4, 0.5) is 0 Å². The maximum atomic E-state index is 11.6. The first-order chi connectivity index (χ1) is 7.47. The van der Waals surface area contributed by atoms with E-state index < -0.39 is 0 Å². The molecule has 0 N–H and O–H groups in total. The minimum absolute atomic E-state index is 0.103. The number of esters is 1. The molecule has 1 heterocycles. The van der Waals surface area contributed by atoms with Gasteiger partial charge >= 0.3 is 5.97 Å². The van der Waals surface area contributed by atoms with Gasteiger partial charge in [-0.3, -0.25) is 9.69 Å². The Labute approximate surface area is 98.5 Å². The average Bonchev–Trinajstić information content (AvgIpc) is 2.59. The van der Waals surface area contributed by atoms with Gasteiger partial charge in [0.15, 0.2) is 0 Å². The molecule has 1 aliphatic rings. The second-order valence-corrected chi connectivity index (χ2v) is 4.89. The highest BCUT2D eigenvalue weighted by Crippen LogP contribution is 2.22. The van der Waals surface area contributed by atoms with Crippen molar-refractivity contribution in [3.05, 3.63) is 0 Å². The molecule has 0 amide bonds. The third-order valence-corrected chi connectivity index (χ3v) is 3.44. The van der Waals surface area contributed by atoms with E-state index in [0.717, 1.165) is 13.1 Å². The van der Waals surface area contributed by atoms with Gasteiger partial charge < -0.3 is 9.64 Å². The van der Waals surface area contributed by atoms with Crippen LogP contribution in [0.25, 0.3) is 0 Å². The molecule has 4 nitrogen and oxygen atoms in total. The lowest BCUT2D eigenvalue weighted by atomic mass is 10.1. The van der Waals surface area contributed by atoms with Crippen LogP contribution in [0.15, 0.2) is 0 Å². The summed E-state index contributed by atoms with van der Waals surface area (Å²) < 4.78 is 5.05. The van der Waals surface area contributed by atoms with Crippen molar-refractivity contribution in [2.45, 2.75) is 32.9 Å². The molecular formula is C12H24N2O2. The molecule has 3 atom stereocenters. The van der Waals surface area contributed by atoms with E-state index in [1.807, 2.05) is 13.8 Å². The monoisotopic (exact) mass is 228 g/mol. The van der Waals surface area contributed by atoms with Gasteiger partial charge in [0.25, 0.3) is 0 Å². The first kappa shape index (κ1) is 13.5. The van der Waals surface area contributed by atoms with E-state index >= 15 is 0 Å². The summed E-state index contributed by atoms with van der Waals surface area (Å²) in [4.78, 5) is 16.1. The Morgan fingerprint density at radius 1 is 1.50 bits per heavy atom. The Kier molecular flexibility index (Phi) is 4.74. The number of likely N-dealkylation sites (N-methyl/N-ethyl adjacent to an activating group) is 1. The molecule has 1 rings (SSSR count). The highest BCUT2D eigenvalue weighted by Gasteiger charge is 2.35. The maximum Gasteiger partial charge on any atom is 0.323 e. The number of nitrogens with zero attached hydrogens (tertiary/aromatic N) is 2. The molecular weight excluding hydrogens is 204 g/mol. The number of carbonyl (C=O) groups is 1. The molecule has 0 spiro atoms. The zero-order valence-corrected chi connectivity index (χ0v) is 11.1. The molecule has 0 bridgehead atoms. The van der Waals surface area contributed by atoms with Crippen LogP contribution in [0.2, 0.25) is 0 Å². The molecule has 0 radical (unpaired) electrons. The van der Waals surface area contributed by atoms with E-state index in [4.69, 9.17) is 4.74 Å². The lowest BCUT2D eigenvalue weighted by Crippen LogP contribution is -2.40. The highest BCUT2D eigenvalue weighted by atomic mass is 16.5. The molecule has 0 saturated carbocycles. The number of likely N-dealkylation sites (tertiary alicyclic amines) is 1. The smallest absolute Gasteiger partial charge is 0.323 e. The van der Waals surface area contributed by atoms with Crippen molar-refractivity contribution in [3.8, 4) is 0 Å². The quantitative estimate of drug-likeness (QED) is 0.667. The molecule has 1 saturated heterocycles. The molecule has 0 aromatic heterocycles. The summed E-state index contributed by atoms with van der Waals surface area (Å²) in [5, 5.41) is 0. The predicted molar refractivity (Wildman–Crippen MR) is 64.3 cm³/mol. The van der Waals surface area contributed by atoms with Crippen LogP contribution in [0, 0.1) is 5.92 Å². The second-order valence-electron chi connectivity index (χ2n) is 4.89. The third-order valence-electron chi connectivity index (χ3n) is 3.44. The highest BCUT2D eigenvalue weighted by molar-refractivity contribution is 5.75. The van der Waals surface area contributed by atoms with Gasteiger partial charge in [-0.2, -0.15) is 0 Å². The first-order valence-electron chi connectivity index (χ1n) is 6.04. The van der Waals surface area contributed by atoms with E-state index in [2.05, 4.69) is 30.8 Å². The Morgan fingerprint density at radius 2 is 2.12 bits per heavy atom. The van der Waals surface area contributed by atoms with Crippen LogP contribution in [0.1, 0.15) is 20.8 Å². The van der Waals surface area contributed by atoms with E-state index in [1.54, 1.807) is 0 Å². The topological polar surface area (TPSA) is 32.8 Å². The van der Waals surface area contributed by atoms with Gasteiger partial charge in [0, 0.05) is 19.1 Å². The standard InChI is InChI=1S/C12H24N2O2/c1-6-16-12(15)10(3)14-7-9(2)11(8-14)13(4)5/h9-11H,6-8H2,1-5H3. The van der Waals surface area contributed by atoms with Crippen molar-refractivity contribution in [1.29, 1.82) is 0 Å². The number of hydrogen-bond donors (Lipinski definition) is 0. The van der Waals surface area contributed by atoms with Gasteiger partial charge in [-0.1, -0.05) is 6.92 Å². The Hall–Kier alpha value is -0.610. The van der Waals surface area contributed by atoms with Crippen LogP contribution in [-0.2, 0) is 9.53 Å². The third kappa shape index (κ3) is 2.95. The van der Waals surface area contributed by atoms with Crippen molar-refractivity contribution < 1.29 is 9.53 Å². The lowest BCUT2D eigenvalue weighted by Gasteiger charge is -2.24. The summed E-state index contributed by atoms with van der Waals surface area (Å²) >= 11 is 0. The molecule has 94 valence electrons. The Bertz CT molecular complexity index is 243. The predicted octanol–water partition coefficient (Wildman–Crippen LogP) is 0.820. The normalized spacial score (nSPS) is 28.4. The van der Waals surface area contributed by atoms with Crippen molar-refractivity contribution >= 4 is 5.97 Å². The van der Waals surface area contributed by atoms with E-state index in [9.17, 15) is 4.79 Å². The maximum absolute atomic E-state index is 11.6. The molecule has 1 aliphatic heterocycles. The van der Waals surface area contributed by atoms with Crippen LogP contribution in [-0.4, -0.2) is 61.6 Å². The summed E-state index contributed by atoms with van der Waals surface area (Å²) in [6.45, 7) is 8.41. The lowest BCUT2D eigenvalue weighted by molar-refractivity contribution is -0.148. The second kappa shape index (κ2) is 5.64. The van der Waals surface area contributed by atoms with Gasteiger partial charge in [-0.05, 0) is 33.9 Å². The summed E-state index contributed by atoms with van der Waals surface area (Å²) in [6.07, 6.45) is 0. The molecule has 0 aliphatic carbocycles. The van der Waals surface area contributed by atoms with Gasteiger partial charge in [0.05, 0.1) is 6.61 Å². The Balaban J connectivity index is 2.54. The van der Waals surface area contributed by atoms with Gasteiger partial charge in [-0.15, -0.1) is 0 Å². The molecule has 0 aromatic carbocycles. The molecule has 4 heteroatoms. The van der Waals surface area contributed by atoms with Crippen molar-refractivity contribution in [2.75, 3.05) is 33.8 Å². The molecule has 1 fully saturated rings. The largest absolute Gasteiger partial charge is 0.465 e. The van der Waals surface area contributed by atoms with E-state index in [0.29, 0.717) is 18.6 Å². The van der Waals surface area contributed by atoms with E-state index in [1.165, 1.54) is 0 Å². The molecule has 3 unspecified atom stereocenters. The first-order valence-corrected chi connectivity index (χ1v) is 6.04. The fraction of sp³-hybridized carbons (Fsp3) is 0.917. The van der Waals surface area contributed by atoms with Crippen LogP contribution in [0.3, 0.4) is 0 Å². The van der Waals surface area contributed by atoms with Gasteiger partial charge in [-0.25, -0.2) is 0 Å². The van der Waals surface area contributed by atoms with Crippen LogP contribution < -0.4 is 0 Å². The number of hydrogen-bond acceptors (Lipinski definition) is 4. The molecule has 0 aromatic rings. The van der Waals surface area contributed by atoms with Gasteiger partial charge in [0.2, 0.25) is 0 Å². The SMILES string of the molecule is CCOC(=O)C(C)N1CC(C)C(N(C)C)C1. The minimum atomic E-state index is -0.118. The molecule has 16 heavy (non-hydrogen) atoms. The number of ether oxygens (including phenoxy) is 1. The van der Waals surface area contributed by atoms with E-state index in [-0.39, 0.29) is 12.0 Å². The van der Waals surface area contributed by atoms with Gasteiger partial charge in [0.1, 0.15) is 6.04 Å². The van der Waals surface area contributed by atoms with Crippen molar-refractivity contribution in [1.82, 2.24) is 9.80 Å². The summed E-state index contributed by atoms with van der Waals surface area (Å²) in [5.41, 5.74) is 0. The minimum Gasteiger partial charge on any atom is -0.465 e. The average molecular weight is 228 g/mol. The van der Waals surface area contributed by atoms with Crippen molar-refractivity contribution in [3.63, 3.8) is 0 Å². The Morgan fingerprint density at radius 3 is 2.56 bits per heavy atom.